The maximum atomic E-state index is 11.3. The van der Waals surface area contributed by atoms with Crippen LogP contribution in [0.5, 0.6) is 0 Å². The Morgan fingerprint density at radius 3 is 2.67 bits per heavy atom. The molecule has 0 saturated carbocycles. The van der Waals surface area contributed by atoms with Crippen LogP contribution < -0.4 is 4.90 Å². The number of nitro benzene ring substituents is 1. The number of benzene rings is 1. The van der Waals surface area contributed by atoms with E-state index in [2.05, 4.69) is 4.90 Å². The van der Waals surface area contributed by atoms with Gasteiger partial charge in [0.2, 0.25) is 0 Å². The van der Waals surface area contributed by atoms with E-state index in [0.29, 0.717) is 17.2 Å². The summed E-state index contributed by atoms with van der Waals surface area (Å²) < 4.78 is 5.17. The van der Waals surface area contributed by atoms with Crippen molar-refractivity contribution in [3.63, 3.8) is 0 Å². The van der Waals surface area contributed by atoms with Crippen LogP contribution in [0.25, 0.3) is 0 Å². The number of nitro groups is 1. The molecule has 1 aromatic rings. The molecule has 0 spiro atoms. The van der Waals surface area contributed by atoms with Gasteiger partial charge in [0.05, 0.1) is 11.0 Å². The Kier molecular flexibility index (Phi) is 5.14. The highest BCUT2D eigenvalue weighted by molar-refractivity contribution is 5.64. The van der Waals surface area contributed by atoms with Gasteiger partial charge in [0.1, 0.15) is 5.69 Å². The lowest BCUT2D eigenvalue weighted by Crippen LogP contribution is -2.35. The lowest BCUT2D eigenvalue weighted by molar-refractivity contribution is -0.384. The van der Waals surface area contributed by atoms with Crippen molar-refractivity contribution < 1.29 is 14.8 Å². The van der Waals surface area contributed by atoms with Crippen LogP contribution in [0.15, 0.2) is 18.2 Å². The molecule has 1 aliphatic rings. The van der Waals surface area contributed by atoms with Crippen molar-refractivity contribution in [1.82, 2.24) is 0 Å². The molecule has 21 heavy (non-hydrogen) atoms. The minimum absolute atomic E-state index is 0.0681. The largest absolute Gasteiger partial charge is 0.389 e. The smallest absolute Gasteiger partial charge is 0.292 e. The third-order valence-corrected chi connectivity index (χ3v) is 4.04. The average Bonchev–Trinajstić information content (AvgIpc) is 2.47. The first kappa shape index (κ1) is 15.7. The predicted octanol–water partition coefficient (Wildman–Crippen LogP) is 2.51. The van der Waals surface area contributed by atoms with E-state index in [0.717, 1.165) is 32.5 Å². The molecule has 0 bridgehead atoms. The van der Waals surface area contributed by atoms with E-state index in [1.165, 1.54) is 6.07 Å². The van der Waals surface area contributed by atoms with Crippen molar-refractivity contribution >= 4 is 11.4 Å². The molecular weight excluding hydrogens is 272 g/mol. The predicted molar refractivity (Wildman–Crippen MR) is 80.5 cm³/mol. The summed E-state index contributed by atoms with van der Waals surface area (Å²) >= 11 is 0. The Morgan fingerprint density at radius 1 is 1.48 bits per heavy atom. The molecule has 0 aromatic heterocycles. The van der Waals surface area contributed by atoms with E-state index < -0.39 is 6.10 Å². The molecule has 1 heterocycles. The van der Waals surface area contributed by atoms with Crippen LogP contribution in [-0.4, -0.2) is 36.8 Å². The topological polar surface area (TPSA) is 75.8 Å². The Hall–Kier alpha value is -1.66. The van der Waals surface area contributed by atoms with Crippen LogP contribution in [0.4, 0.5) is 11.4 Å². The zero-order valence-corrected chi connectivity index (χ0v) is 12.5. The van der Waals surface area contributed by atoms with Gasteiger partial charge in [0.15, 0.2) is 0 Å². The molecule has 1 fully saturated rings. The molecular formula is C15H22N2O4. The summed E-state index contributed by atoms with van der Waals surface area (Å²) in [7, 11) is 1.70. The zero-order valence-electron chi connectivity index (χ0n) is 12.5. The zero-order chi connectivity index (χ0) is 15.4. The molecule has 1 saturated heterocycles. The number of aliphatic hydroxyl groups excluding tert-OH is 1. The second kappa shape index (κ2) is 6.87. The van der Waals surface area contributed by atoms with E-state index in [1.807, 2.05) is 0 Å². The standard InChI is InChI=1S/C15H22N2O4/c1-11(18)13-3-4-14(15(9-13)17(19)20)16-7-5-12(6-8-16)10-21-2/h3-4,9,11-12,18H,5-8,10H2,1-2H3/t11-/m0/s1. The third-order valence-electron chi connectivity index (χ3n) is 4.04. The van der Waals surface area contributed by atoms with Crippen molar-refractivity contribution in [2.24, 2.45) is 5.92 Å². The highest BCUT2D eigenvalue weighted by Crippen LogP contribution is 2.33. The molecule has 6 heteroatoms. The number of hydrogen-bond donors (Lipinski definition) is 1. The quantitative estimate of drug-likeness (QED) is 0.667. The lowest BCUT2D eigenvalue weighted by atomic mass is 9.97. The molecule has 0 radical (unpaired) electrons. The van der Waals surface area contributed by atoms with Crippen LogP contribution in [0.1, 0.15) is 31.4 Å². The summed E-state index contributed by atoms with van der Waals surface area (Å²) in [6.07, 6.45) is 1.25. The van der Waals surface area contributed by atoms with Gasteiger partial charge < -0.3 is 14.7 Å². The lowest BCUT2D eigenvalue weighted by Gasteiger charge is -2.33. The number of rotatable bonds is 5. The minimum Gasteiger partial charge on any atom is -0.389 e. The summed E-state index contributed by atoms with van der Waals surface area (Å²) in [5.41, 5.74) is 1.28. The highest BCUT2D eigenvalue weighted by Gasteiger charge is 2.25. The van der Waals surface area contributed by atoms with Gasteiger partial charge in [-0.25, -0.2) is 0 Å². The number of aliphatic hydroxyl groups is 1. The molecule has 2 rings (SSSR count). The number of ether oxygens (including phenoxy) is 1. The second-order valence-corrected chi connectivity index (χ2v) is 5.57. The Bertz CT molecular complexity index is 496. The van der Waals surface area contributed by atoms with Crippen molar-refractivity contribution in [1.29, 1.82) is 0 Å². The van der Waals surface area contributed by atoms with Crippen LogP contribution in [-0.2, 0) is 4.74 Å². The first-order valence-corrected chi connectivity index (χ1v) is 7.23. The summed E-state index contributed by atoms with van der Waals surface area (Å²) in [6, 6.07) is 4.98. The number of anilines is 1. The Labute approximate surface area is 124 Å². The van der Waals surface area contributed by atoms with E-state index >= 15 is 0 Å². The minimum atomic E-state index is -0.704. The first-order chi connectivity index (χ1) is 10.0. The van der Waals surface area contributed by atoms with Crippen molar-refractivity contribution in [2.75, 3.05) is 31.7 Å². The molecule has 1 aliphatic heterocycles. The number of methoxy groups -OCH3 is 1. The average molecular weight is 294 g/mol. The fourth-order valence-electron chi connectivity index (χ4n) is 2.79. The fourth-order valence-corrected chi connectivity index (χ4v) is 2.79. The third kappa shape index (κ3) is 3.71. The van der Waals surface area contributed by atoms with Gasteiger partial charge in [-0.15, -0.1) is 0 Å². The van der Waals surface area contributed by atoms with E-state index in [1.54, 1.807) is 26.2 Å². The van der Waals surface area contributed by atoms with Crippen LogP contribution in [0, 0.1) is 16.0 Å². The molecule has 1 aromatic carbocycles. The van der Waals surface area contributed by atoms with Gasteiger partial charge >= 0.3 is 0 Å². The molecule has 0 amide bonds. The van der Waals surface area contributed by atoms with Crippen LogP contribution in [0.2, 0.25) is 0 Å². The number of hydrogen-bond acceptors (Lipinski definition) is 5. The number of nitrogens with zero attached hydrogens (tertiary/aromatic N) is 2. The summed E-state index contributed by atoms with van der Waals surface area (Å²) in [4.78, 5) is 13.0. The van der Waals surface area contributed by atoms with Gasteiger partial charge in [-0.05, 0) is 37.3 Å². The Morgan fingerprint density at radius 2 is 2.14 bits per heavy atom. The fraction of sp³-hybridized carbons (Fsp3) is 0.600. The second-order valence-electron chi connectivity index (χ2n) is 5.57. The van der Waals surface area contributed by atoms with E-state index in [4.69, 9.17) is 4.74 Å². The maximum Gasteiger partial charge on any atom is 0.292 e. The monoisotopic (exact) mass is 294 g/mol. The first-order valence-electron chi connectivity index (χ1n) is 7.23. The SMILES string of the molecule is COCC1CCN(c2ccc([C@H](C)O)cc2[N+](=O)[O-])CC1. The van der Waals surface area contributed by atoms with Gasteiger partial charge in [-0.3, -0.25) is 10.1 Å². The molecule has 1 atom stereocenters. The highest BCUT2D eigenvalue weighted by atomic mass is 16.6. The van der Waals surface area contributed by atoms with E-state index in [9.17, 15) is 15.2 Å². The summed E-state index contributed by atoms with van der Waals surface area (Å²) in [6.45, 7) is 3.94. The van der Waals surface area contributed by atoms with Crippen LogP contribution >= 0.6 is 0 Å². The van der Waals surface area contributed by atoms with Gasteiger partial charge in [-0.1, -0.05) is 6.07 Å². The molecule has 1 N–H and O–H groups in total. The van der Waals surface area contributed by atoms with Crippen LogP contribution in [0.3, 0.4) is 0 Å². The van der Waals surface area contributed by atoms with Crippen molar-refractivity contribution in [3.8, 4) is 0 Å². The van der Waals surface area contributed by atoms with Crippen molar-refractivity contribution in [2.45, 2.75) is 25.9 Å². The molecule has 6 nitrogen and oxygen atoms in total. The number of piperidine rings is 1. The van der Waals surface area contributed by atoms with Gasteiger partial charge in [0, 0.05) is 32.9 Å². The van der Waals surface area contributed by atoms with Gasteiger partial charge in [-0.2, -0.15) is 0 Å². The normalized spacial score (nSPS) is 17.8. The molecule has 0 unspecified atom stereocenters. The summed E-state index contributed by atoms with van der Waals surface area (Å²) in [5, 5.41) is 20.9. The van der Waals surface area contributed by atoms with Gasteiger partial charge in [0.25, 0.3) is 5.69 Å². The maximum absolute atomic E-state index is 11.3. The molecule has 116 valence electrons. The van der Waals surface area contributed by atoms with E-state index in [-0.39, 0.29) is 10.6 Å². The summed E-state index contributed by atoms with van der Waals surface area (Å²) in [5.74, 6) is 0.530. The Balaban J connectivity index is 2.18. The molecule has 0 aliphatic carbocycles. The van der Waals surface area contributed by atoms with Crippen molar-refractivity contribution in [3.05, 3.63) is 33.9 Å².